The number of nitrogens with zero attached hydrogens (tertiary/aromatic N) is 4. The van der Waals surface area contributed by atoms with E-state index in [1.807, 2.05) is 41.4 Å². The second-order valence-corrected chi connectivity index (χ2v) is 4.26. The molecule has 1 atom stereocenters. The van der Waals surface area contributed by atoms with E-state index in [0.717, 1.165) is 17.0 Å². The topological polar surface area (TPSA) is 50.1 Å². The molecule has 3 rings (SSSR count). The molecule has 0 saturated carbocycles. The summed E-state index contributed by atoms with van der Waals surface area (Å²) in [6, 6.07) is 11.9. The van der Waals surface area contributed by atoms with Crippen LogP contribution in [0.5, 0.6) is 5.75 Å². The zero-order valence-corrected chi connectivity index (χ0v) is 10.6. The maximum atomic E-state index is 5.25. The number of hydrogen-bond donors (Lipinski definition) is 0. The highest BCUT2D eigenvalue weighted by Crippen LogP contribution is 2.33. The van der Waals surface area contributed by atoms with Gasteiger partial charge in [0.25, 0.3) is 0 Å². The second kappa shape index (κ2) is 5.06. The fraction of sp³-hybridized carbons (Fsp3) is 0.214. The molecule has 1 unspecified atom stereocenters. The number of benzene rings is 1. The normalized spacial score (nSPS) is 17.7. The summed E-state index contributed by atoms with van der Waals surface area (Å²) in [5.74, 6) is 0.813. The molecule has 0 saturated heterocycles. The van der Waals surface area contributed by atoms with Crippen molar-refractivity contribution in [3.05, 3.63) is 54.4 Å². The van der Waals surface area contributed by atoms with Gasteiger partial charge < -0.3 is 4.74 Å². The second-order valence-electron chi connectivity index (χ2n) is 4.26. The van der Waals surface area contributed by atoms with Crippen molar-refractivity contribution in [1.82, 2.24) is 4.98 Å². The maximum absolute atomic E-state index is 5.25. The smallest absolute Gasteiger partial charge is 0.120 e. The predicted molar refractivity (Wildman–Crippen MR) is 72.2 cm³/mol. The number of hydrogen-bond acceptors (Lipinski definition) is 5. The maximum Gasteiger partial charge on any atom is 0.120 e. The van der Waals surface area contributed by atoms with E-state index in [4.69, 9.17) is 4.74 Å². The van der Waals surface area contributed by atoms with E-state index >= 15 is 0 Å². The van der Waals surface area contributed by atoms with Crippen molar-refractivity contribution in [3.8, 4) is 5.75 Å². The fourth-order valence-electron chi connectivity index (χ4n) is 2.14. The Morgan fingerprint density at radius 2 is 2.05 bits per heavy atom. The molecule has 0 N–H and O–H groups in total. The minimum Gasteiger partial charge on any atom is -0.497 e. The number of anilines is 1. The Kier molecular flexibility index (Phi) is 3.10. The summed E-state index contributed by atoms with van der Waals surface area (Å²) in [6.07, 6.45) is 3.58. The van der Waals surface area contributed by atoms with E-state index in [9.17, 15) is 0 Å². The summed E-state index contributed by atoms with van der Waals surface area (Å²) >= 11 is 0. The Morgan fingerprint density at radius 1 is 1.21 bits per heavy atom. The average molecular weight is 254 g/mol. The third kappa shape index (κ3) is 2.27. The van der Waals surface area contributed by atoms with Gasteiger partial charge in [-0.1, -0.05) is 11.3 Å². The molecule has 1 aliphatic rings. The molecule has 19 heavy (non-hydrogen) atoms. The van der Waals surface area contributed by atoms with Crippen LogP contribution in [0.15, 0.2) is 59.1 Å². The highest BCUT2D eigenvalue weighted by atomic mass is 16.5. The molecule has 0 bridgehead atoms. The van der Waals surface area contributed by atoms with E-state index in [0.29, 0.717) is 6.54 Å². The highest BCUT2D eigenvalue weighted by molar-refractivity contribution is 5.52. The molecule has 0 spiro atoms. The highest BCUT2D eigenvalue weighted by Gasteiger charge is 2.25. The van der Waals surface area contributed by atoms with Gasteiger partial charge >= 0.3 is 0 Å². The molecule has 2 aromatic rings. The van der Waals surface area contributed by atoms with Gasteiger partial charge in [0.1, 0.15) is 11.8 Å². The third-order valence-electron chi connectivity index (χ3n) is 3.12. The molecular weight excluding hydrogens is 240 g/mol. The molecule has 1 aromatic carbocycles. The van der Waals surface area contributed by atoms with Gasteiger partial charge in [0.2, 0.25) is 0 Å². The number of rotatable bonds is 3. The molecule has 0 amide bonds. The van der Waals surface area contributed by atoms with Crippen LogP contribution in [0.25, 0.3) is 0 Å². The molecule has 1 aromatic heterocycles. The minimum absolute atomic E-state index is 0.120. The van der Waals surface area contributed by atoms with Gasteiger partial charge in [-0.15, -0.1) is 0 Å². The summed E-state index contributed by atoms with van der Waals surface area (Å²) in [4.78, 5) is 4.04. The monoisotopic (exact) mass is 254 g/mol. The lowest BCUT2D eigenvalue weighted by atomic mass is 10.1. The van der Waals surface area contributed by atoms with Crippen molar-refractivity contribution in [3.63, 3.8) is 0 Å². The van der Waals surface area contributed by atoms with E-state index < -0.39 is 0 Å². The van der Waals surface area contributed by atoms with Gasteiger partial charge in [0, 0.05) is 18.5 Å². The van der Waals surface area contributed by atoms with Gasteiger partial charge in [-0.05, 0) is 29.8 Å². The van der Waals surface area contributed by atoms with Crippen LogP contribution in [0.1, 0.15) is 11.6 Å². The molecule has 5 nitrogen and oxygen atoms in total. The Hall–Kier alpha value is -2.43. The number of methoxy groups -OCH3 is 1. The first-order chi connectivity index (χ1) is 9.38. The first-order valence-corrected chi connectivity index (χ1v) is 6.09. The van der Waals surface area contributed by atoms with Crippen LogP contribution < -0.4 is 9.75 Å². The summed E-state index contributed by atoms with van der Waals surface area (Å²) in [5, 5.41) is 10.3. The van der Waals surface area contributed by atoms with E-state index in [1.54, 1.807) is 19.5 Å². The largest absolute Gasteiger partial charge is 0.497 e. The lowest BCUT2D eigenvalue weighted by Gasteiger charge is -2.22. The Morgan fingerprint density at radius 3 is 2.84 bits per heavy atom. The Balaban J connectivity index is 1.92. The Bertz CT molecular complexity index is 585. The summed E-state index contributed by atoms with van der Waals surface area (Å²) in [6.45, 7) is 0.654. The van der Waals surface area contributed by atoms with Crippen LogP contribution in [0.4, 0.5) is 5.69 Å². The van der Waals surface area contributed by atoms with Crippen molar-refractivity contribution in [2.75, 3.05) is 18.7 Å². The van der Waals surface area contributed by atoms with Gasteiger partial charge in [-0.25, -0.2) is 5.01 Å². The Labute approximate surface area is 111 Å². The molecule has 0 fully saturated rings. The summed E-state index contributed by atoms with van der Waals surface area (Å²) < 4.78 is 5.25. The molecule has 1 aliphatic heterocycles. The van der Waals surface area contributed by atoms with Gasteiger partial charge in [-0.3, -0.25) is 4.98 Å². The van der Waals surface area contributed by atoms with Crippen molar-refractivity contribution < 1.29 is 4.74 Å². The quantitative estimate of drug-likeness (QED) is 0.846. The van der Waals surface area contributed by atoms with Crippen molar-refractivity contribution >= 4 is 5.69 Å². The molecular formula is C14H14N4O. The van der Waals surface area contributed by atoms with Crippen molar-refractivity contribution in [1.29, 1.82) is 0 Å². The molecule has 96 valence electrons. The third-order valence-corrected chi connectivity index (χ3v) is 3.12. The van der Waals surface area contributed by atoms with Crippen molar-refractivity contribution in [2.24, 2.45) is 10.3 Å². The number of pyridine rings is 1. The van der Waals surface area contributed by atoms with Crippen LogP contribution in [0, 0.1) is 0 Å². The minimum atomic E-state index is 0.120. The number of ether oxygens (including phenoxy) is 1. The van der Waals surface area contributed by atoms with E-state index in [2.05, 4.69) is 15.3 Å². The van der Waals surface area contributed by atoms with Gasteiger partial charge in [0.15, 0.2) is 0 Å². The lowest BCUT2D eigenvalue weighted by molar-refractivity contribution is 0.414. The van der Waals surface area contributed by atoms with Crippen LogP contribution in [-0.4, -0.2) is 18.6 Å². The average Bonchev–Trinajstić information content (AvgIpc) is 2.98. The molecule has 0 radical (unpaired) electrons. The van der Waals surface area contributed by atoms with E-state index in [-0.39, 0.29) is 6.04 Å². The molecule has 0 aliphatic carbocycles. The number of aromatic nitrogens is 1. The zero-order chi connectivity index (χ0) is 13.1. The van der Waals surface area contributed by atoms with E-state index in [1.165, 1.54) is 0 Å². The van der Waals surface area contributed by atoms with Crippen LogP contribution in [0.2, 0.25) is 0 Å². The molecule has 2 heterocycles. The van der Waals surface area contributed by atoms with Crippen LogP contribution >= 0.6 is 0 Å². The van der Waals surface area contributed by atoms with Gasteiger partial charge in [-0.2, -0.15) is 5.11 Å². The SMILES string of the molecule is COc1cccc(N2N=NCC2c2ccncc2)c1. The predicted octanol–water partition coefficient (Wildman–Crippen LogP) is 3.02. The zero-order valence-electron chi connectivity index (χ0n) is 10.6. The van der Waals surface area contributed by atoms with Crippen molar-refractivity contribution in [2.45, 2.75) is 6.04 Å². The molecule has 5 heteroatoms. The van der Waals surface area contributed by atoms with Gasteiger partial charge in [0.05, 0.1) is 19.3 Å². The fourth-order valence-corrected chi connectivity index (χ4v) is 2.14. The standard InChI is InChI=1S/C14H14N4O/c1-19-13-4-2-3-12(9-13)18-14(10-16-17-18)11-5-7-15-8-6-11/h2-9,14H,10H2,1H3. The summed E-state index contributed by atoms with van der Waals surface area (Å²) in [7, 11) is 1.66. The van der Waals surface area contributed by atoms with Crippen LogP contribution in [-0.2, 0) is 0 Å². The first-order valence-electron chi connectivity index (χ1n) is 6.09. The lowest BCUT2D eigenvalue weighted by Crippen LogP contribution is -2.20. The summed E-state index contributed by atoms with van der Waals surface area (Å²) in [5.41, 5.74) is 2.13. The first kappa shape index (κ1) is 11.6. The van der Waals surface area contributed by atoms with Crippen LogP contribution in [0.3, 0.4) is 0 Å².